The summed E-state index contributed by atoms with van der Waals surface area (Å²) in [5, 5.41) is 15.1. The molecule has 2 saturated carbocycles. The van der Waals surface area contributed by atoms with E-state index in [1.807, 2.05) is 29.2 Å². The van der Waals surface area contributed by atoms with E-state index in [-0.39, 0.29) is 36.4 Å². The Balaban J connectivity index is 1.16. The van der Waals surface area contributed by atoms with Crippen molar-refractivity contribution in [2.24, 2.45) is 11.8 Å². The molecule has 1 saturated heterocycles. The molecule has 3 unspecified atom stereocenters. The highest BCUT2D eigenvalue weighted by Gasteiger charge is 2.40. The minimum Gasteiger partial charge on any atom is -0.444 e. The van der Waals surface area contributed by atoms with E-state index in [9.17, 15) is 19.7 Å². The predicted molar refractivity (Wildman–Crippen MR) is 134 cm³/mol. The summed E-state index contributed by atoms with van der Waals surface area (Å²) in [6.07, 6.45) is 5.58. The highest BCUT2D eigenvalue weighted by molar-refractivity contribution is 5.96. The van der Waals surface area contributed by atoms with Gasteiger partial charge in [0.1, 0.15) is 12.3 Å². The lowest BCUT2D eigenvalue weighted by atomic mass is 9.95. The highest BCUT2D eigenvalue weighted by atomic mass is 16.6. The normalized spacial score (nSPS) is 25.4. The number of benzene rings is 2. The van der Waals surface area contributed by atoms with Crippen LogP contribution in [0.25, 0.3) is 0 Å². The van der Waals surface area contributed by atoms with Crippen molar-refractivity contribution in [2.75, 3.05) is 22.9 Å². The number of nitrogens with one attached hydrogen (secondary N) is 1. The quantitative estimate of drug-likeness (QED) is 0.484. The second-order valence-corrected chi connectivity index (χ2v) is 10.5. The Bertz CT molecular complexity index is 1210. The zero-order valence-electron chi connectivity index (χ0n) is 20.1. The second-order valence-electron chi connectivity index (χ2n) is 10.5. The molecule has 9 nitrogen and oxygen atoms in total. The van der Waals surface area contributed by atoms with Gasteiger partial charge in [-0.3, -0.25) is 19.8 Å². The summed E-state index contributed by atoms with van der Waals surface area (Å²) in [5.41, 5.74) is 2.64. The number of hydrogen-bond donors (Lipinski definition) is 1. The van der Waals surface area contributed by atoms with Crippen molar-refractivity contribution >= 4 is 29.1 Å². The number of carbonyl (C=O) groups excluding carboxylic acids is 2. The Labute approximate surface area is 209 Å². The van der Waals surface area contributed by atoms with Crippen LogP contribution < -0.4 is 15.1 Å². The smallest absolute Gasteiger partial charge is 0.414 e. The van der Waals surface area contributed by atoms with Gasteiger partial charge in [-0.05, 0) is 62.1 Å². The molecule has 0 aromatic heterocycles. The predicted octanol–water partition coefficient (Wildman–Crippen LogP) is 4.64. The molecule has 9 heteroatoms. The monoisotopic (exact) mass is 490 g/mol. The Morgan fingerprint density at radius 1 is 1.03 bits per heavy atom. The molecule has 2 aliphatic carbocycles. The summed E-state index contributed by atoms with van der Waals surface area (Å²) in [6.45, 7) is 1.40. The van der Waals surface area contributed by atoms with Gasteiger partial charge in [0, 0.05) is 42.4 Å². The van der Waals surface area contributed by atoms with Crippen LogP contribution >= 0.6 is 0 Å². The molecule has 2 aromatic rings. The number of nitro benzene ring substituents is 1. The molecule has 2 amide bonds. The van der Waals surface area contributed by atoms with Crippen molar-refractivity contribution in [2.45, 2.75) is 57.2 Å². The van der Waals surface area contributed by atoms with Crippen LogP contribution in [-0.4, -0.2) is 42.1 Å². The summed E-state index contributed by atoms with van der Waals surface area (Å²) in [4.78, 5) is 40.7. The summed E-state index contributed by atoms with van der Waals surface area (Å²) in [7, 11) is 0. The topological polar surface area (TPSA) is 105 Å². The van der Waals surface area contributed by atoms with Crippen LogP contribution in [0, 0.1) is 22.0 Å². The Morgan fingerprint density at radius 3 is 2.56 bits per heavy atom. The lowest BCUT2D eigenvalue weighted by Crippen LogP contribution is -2.49. The van der Waals surface area contributed by atoms with Crippen molar-refractivity contribution in [3.63, 3.8) is 0 Å². The average Bonchev–Trinajstić information content (AvgIpc) is 3.52. The summed E-state index contributed by atoms with van der Waals surface area (Å²) >= 11 is 0. The number of fused-ring (bicyclic) bond motifs is 3. The molecule has 4 aliphatic rings. The maximum atomic E-state index is 12.9. The fourth-order valence-corrected chi connectivity index (χ4v) is 6.64. The van der Waals surface area contributed by atoms with Gasteiger partial charge in [-0.1, -0.05) is 24.6 Å². The first-order valence-electron chi connectivity index (χ1n) is 12.9. The van der Waals surface area contributed by atoms with Gasteiger partial charge >= 0.3 is 6.09 Å². The average molecular weight is 491 g/mol. The molecule has 0 spiro atoms. The van der Waals surface area contributed by atoms with Gasteiger partial charge in [-0.15, -0.1) is 0 Å². The molecular weight excluding hydrogens is 460 g/mol. The van der Waals surface area contributed by atoms with Gasteiger partial charge in [0.2, 0.25) is 0 Å². The maximum Gasteiger partial charge on any atom is 0.414 e. The van der Waals surface area contributed by atoms with E-state index in [4.69, 9.17) is 4.74 Å². The van der Waals surface area contributed by atoms with Gasteiger partial charge in [0.15, 0.2) is 0 Å². The van der Waals surface area contributed by atoms with E-state index in [0.29, 0.717) is 49.0 Å². The van der Waals surface area contributed by atoms with Crippen LogP contribution in [0.2, 0.25) is 0 Å². The molecule has 36 heavy (non-hydrogen) atoms. The number of rotatable bonds is 5. The molecule has 3 atom stereocenters. The number of piperidine rings is 1. The van der Waals surface area contributed by atoms with E-state index >= 15 is 0 Å². The molecule has 2 aliphatic heterocycles. The molecule has 3 fully saturated rings. The molecule has 1 N–H and O–H groups in total. The second kappa shape index (κ2) is 9.11. The lowest BCUT2D eigenvalue weighted by Gasteiger charge is -2.40. The summed E-state index contributed by atoms with van der Waals surface area (Å²) in [6, 6.07) is 12.7. The number of ether oxygens (including phenoxy) is 1. The molecule has 0 radical (unpaired) electrons. The number of hydrogen-bond acceptors (Lipinski definition) is 6. The third-order valence-corrected chi connectivity index (χ3v) is 8.46. The minimum absolute atomic E-state index is 0.0407. The number of para-hydroxylation sites is 1. The van der Waals surface area contributed by atoms with Crippen molar-refractivity contribution in [3.05, 3.63) is 63.7 Å². The molecule has 2 heterocycles. The third kappa shape index (κ3) is 4.06. The molecule has 188 valence electrons. The van der Waals surface area contributed by atoms with Crippen molar-refractivity contribution in [1.82, 2.24) is 5.32 Å². The van der Waals surface area contributed by atoms with Crippen molar-refractivity contribution < 1.29 is 19.2 Å². The molecule has 2 aromatic carbocycles. The first-order chi connectivity index (χ1) is 17.5. The largest absolute Gasteiger partial charge is 0.444 e. The van der Waals surface area contributed by atoms with Crippen LogP contribution in [0.3, 0.4) is 0 Å². The lowest BCUT2D eigenvalue weighted by molar-refractivity contribution is -0.384. The molecule has 6 rings (SSSR count). The fourth-order valence-electron chi connectivity index (χ4n) is 6.64. The fraction of sp³-hybridized carbons (Fsp3) is 0.481. The van der Waals surface area contributed by atoms with E-state index in [1.54, 1.807) is 17.0 Å². The zero-order chi connectivity index (χ0) is 24.8. The highest BCUT2D eigenvalue weighted by Crippen LogP contribution is 2.44. The first-order valence-corrected chi connectivity index (χ1v) is 12.9. The van der Waals surface area contributed by atoms with Gasteiger partial charge < -0.3 is 15.0 Å². The van der Waals surface area contributed by atoms with E-state index in [2.05, 4.69) is 5.32 Å². The van der Waals surface area contributed by atoms with Crippen LogP contribution in [0.5, 0.6) is 0 Å². The van der Waals surface area contributed by atoms with Crippen LogP contribution in [0.1, 0.15) is 54.4 Å². The van der Waals surface area contributed by atoms with Gasteiger partial charge in [0.05, 0.1) is 10.6 Å². The standard InChI is InChI=1S/C27H30N4O5/c32-26(28-22-14-17-5-6-18(22)13-17)19-7-8-24(25(15-19)31(34)35)29-11-9-21(10-12-29)30-23-4-2-1-3-20(23)16-36-27(30)33/h1-4,7-8,15,17-18,21-22H,5-6,9-14,16H2,(H,28,32). The van der Waals surface area contributed by atoms with Crippen LogP contribution in [0.4, 0.5) is 21.9 Å². The van der Waals surface area contributed by atoms with Crippen molar-refractivity contribution in [3.8, 4) is 0 Å². The molecule has 2 bridgehead atoms. The van der Waals surface area contributed by atoms with Gasteiger partial charge in [-0.25, -0.2) is 4.79 Å². The number of nitrogens with zero attached hydrogens (tertiary/aromatic N) is 3. The SMILES string of the molecule is O=C(NC1CC2CCC1C2)c1ccc(N2CCC(N3C(=O)OCc4ccccc43)CC2)c([N+](=O)[O-])c1. The Morgan fingerprint density at radius 2 is 1.83 bits per heavy atom. The van der Waals surface area contributed by atoms with Crippen LogP contribution in [-0.2, 0) is 11.3 Å². The molecular formula is C27H30N4O5. The summed E-state index contributed by atoms with van der Waals surface area (Å²) in [5.74, 6) is 1.02. The van der Waals surface area contributed by atoms with Crippen LogP contribution in [0.15, 0.2) is 42.5 Å². The van der Waals surface area contributed by atoms with Gasteiger partial charge in [0.25, 0.3) is 11.6 Å². The number of cyclic esters (lactones) is 1. The Hall–Kier alpha value is -3.62. The first kappa shape index (κ1) is 22.8. The third-order valence-electron chi connectivity index (χ3n) is 8.46. The number of nitro groups is 1. The number of amides is 2. The van der Waals surface area contributed by atoms with E-state index in [0.717, 1.165) is 24.1 Å². The Kier molecular flexibility index (Phi) is 5.78. The number of carbonyl (C=O) groups is 2. The van der Waals surface area contributed by atoms with Gasteiger partial charge in [-0.2, -0.15) is 0 Å². The van der Waals surface area contributed by atoms with E-state index < -0.39 is 4.92 Å². The minimum atomic E-state index is -0.409. The van der Waals surface area contributed by atoms with Crippen molar-refractivity contribution in [1.29, 1.82) is 0 Å². The summed E-state index contributed by atoms with van der Waals surface area (Å²) < 4.78 is 5.38. The zero-order valence-corrected chi connectivity index (χ0v) is 20.1. The maximum absolute atomic E-state index is 12.9. The number of anilines is 2. The van der Waals surface area contributed by atoms with E-state index in [1.165, 1.54) is 18.9 Å².